The van der Waals surface area contributed by atoms with Crippen molar-refractivity contribution in [3.8, 4) is 6.07 Å². The van der Waals surface area contributed by atoms with Gasteiger partial charge in [-0.3, -0.25) is 14.5 Å². The standard InChI is InChI=1S/C29H36N4O2/c30-22-29(16-18-33(19-17-29)21-24-12-6-2-7-13-24)32-28(35)26(20-23-10-4-1-5-11-23)31-27(34)25-14-8-3-9-15-25/h2-3,6-9,12-15,23,26H,1,4-5,10-11,16-21H2,(H,31,34)(H,32,35). The Morgan fingerprint density at radius 2 is 1.60 bits per heavy atom. The number of rotatable bonds is 8. The van der Waals surface area contributed by atoms with E-state index in [1.54, 1.807) is 12.1 Å². The number of likely N-dealkylation sites (tertiary alicyclic amines) is 1. The number of piperidine rings is 1. The Labute approximate surface area is 208 Å². The Morgan fingerprint density at radius 1 is 0.971 bits per heavy atom. The third-order valence-electron chi connectivity index (χ3n) is 7.49. The monoisotopic (exact) mass is 472 g/mol. The number of hydrogen-bond donors (Lipinski definition) is 2. The van der Waals surface area contributed by atoms with Crippen molar-refractivity contribution >= 4 is 11.8 Å². The molecular weight excluding hydrogens is 436 g/mol. The molecule has 1 saturated carbocycles. The maximum Gasteiger partial charge on any atom is 0.251 e. The largest absolute Gasteiger partial charge is 0.340 e. The lowest BCUT2D eigenvalue weighted by Crippen LogP contribution is -2.59. The van der Waals surface area contributed by atoms with E-state index in [0.29, 0.717) is 30.7 Å². The molecule has 1 unspecified atom stereocenters. The highest BCUT2D eigenvalue weighted by Gasteiger charge is 2.38. The van der Waals surface area contributed by atoms with Gasteiger partial charge in [-0.15, -0.1) is 0 Å². The maximum absolute atomic E-state index is 13.5. The number of nitrogens with one attached hydrogen (secondary N) is 2. The molecule has 35 heavy (non-hydrogen) atoms. The quantitative estimate of drug-likeness (QED) is 0.595. The molecule has 1 aliphatic carbocycles. The van der Waals surface area contributed by atoms with E-state index in [0.717, 1.165) is 32.5 Å². The minimum absolute atomic E-state index is 0.238. The lowest BCUT2D eigenvalue weighted by atomic mass is 9.83. The summed E-state index contributed by atoms with van der Waals surface area (Å²) >= 11 is 0. The molecule has 2 fully saturated rings. The molecule has 1 saturated heterocycles. The Morgan fingerprint density at radius 3 is 2.23 bits per heavy atom. The summed E-state index contributed by atoms with van der Waals surface area (Å²) in [6.07, 6.45) is 7.52. The predicted molar refractivity (Wildman–Crippen MR) is 136 cm³/mol. The van der Waals surface area contributed by atoms with Gasteiger partial charge in [0.1, 0.15) is 11.6 Å². The van der Waals surface area contributed by atoms with E-state index in [-0.39, 0.29) is 11.8 Å². The average Bonchev–Trinajstić information content (AvgIpc) is 2.91. The smallest absolute Gasteiger partial charge is 0.251 e. The van der Waals surface area contributed by atoms with Crippen LogP contribution >= 0.6 is 0 Å². The number of benzene rings is 2. The summed E-state index contributed by atoms with van der Waals surface area (Å²) in [5.74, 6) is -0.0653. The van der Waals surface area contributed by atoms with Gasteiger partial charge in [0.15, 0.2) is 0 Å². The number of carbonyl (C=O) groups is 2. The van der Waals surface area contributed by atoms with Crippen LogP contribution in [0, 0.1) is 17.2 Å². The SMILES string of the molecule is N#CC1(NC(=O)C(CC2CCCCC2)NC(=O)c2ccccc2)CCN(Cc2ccccc2)CC1. The van der Waals surface area contributed by atoms with Gasteiger partial charge in [0.05, 0.1) is 6.07 Å². The lowest BCUT2D eigenvalue weighted by Gasteiger charge is -2.38. The van der Waals surface area contributed by atoms with E-state index in [2.05, 4.69) is 33.7 Å². The zero-order chi connectivity index (χ0) is 24.5. The molecule has 0 spiro atoms. The number of nitrogens with zero attached hydrogens (tertiary/aromatic N) is 2. The molecule has 4 rings (SSSR count). The van der Waals surface area contributed by atoms with E-state index < -0.39 is 11.6 Å². The average molecular weight is 473 g/mol. The maximum atomic E-state index is 13.5. The van der Waals surface area contributed by atoms with Gasteiger partial charge in [-0.2, -0.15) is 5.26 Å². The molecule has 2 amide bonds. The van der Waals surface area contributed by atoms with Crippen LogP contribution in [0.1, 0.15) is 67.3 Å². The van der Waals surface area contributed by atoms with Gasteiger partial charge in [0.25, 0.3) is 5.91 Å². The van der Waals surface area contributed by atoms with Gasteiger partial charge < -0.3 is 10.6 Å². The van der Waals surface area contributed by atoms with Crippen LogP contribution < -0.4 is 10.6 Å². The molecule has 6 heteroatoms. The van der Waals surface area contributed by atoms with Crippen LogP contribution in [0.4, 0.5) is 0 Å². The summed E-state index contributed by atoms with van der Waals surface area (Å²) in [6.45, 7) is 2.33. The van der Waals surface area contributed by atoms with Crippen molar-refractivity contribution in [3.63, 3.8) is 0 Å². The third kappa shape index (κ3) is 6.93. The highest BCUT2D eigenvalue weighted by molar-refractivity contribution is 5.97. The Hall–Kier alpha value is -3.17. The van der Waals surface area contributed by atoms with Gasteiger partial charge in [-0.25, -0.2) is 0 Å². The summed E-state index contributed by atoms with van der Waals surface area (Å²) in [6, 6.07) is 21.1. The normalized spacial score (nSPS) is 19.3. The predicted octanol–water partition coefficient (Wildman–Crippen LogP) is 4.43. The topological polar surface area (TPSA) is 85.2 Å². The van der Waals surface area contributed by atoms with Crippen LogP contribution in [0.25, 0.3) is 0 Å². The van der Waals surface area contributed by atoms with Crippen LogP contribution in [-0.4, -0.2) is 41.4 Å². The zero-order valence-corrected chi connectivity index (χ0v) is 20.4. The van der Waals surface area contributed by atoms with Crippen LogP contribution in [0.3, 0.4) is 0 Å². The fourth-order valence-corrected chi connectivity index (χ4v) is 5.34. The van der Waals surface area contributed by atoms with Crippen molar-refractivity contribution in [2.24, 2.45) is 5.92 Å². The second kappa shape index (κ2) is 12.0. The van der Waals surface area contributed by atoms with Crippen molar-refractivity contribution in [2.75, 3.05) is 13.1 Å². The first-order chi connectivity index (χ1) is 17.1. The summed E-state index contributed by atoms with van der Waals surface area (Å²) in [5, 5.41) is 16.1. The van der Waals surface area contributed by atoms with Crippen LogP contribution in [0.5, 0.6) is 0 Å². The minimum Gasteiger partial charge on any atom is -0.340 e. The molecule has 6 nitrogen and oxygen atoms in total. The van der Waals surface area contributed by atoms with Gasteiger partial charge in [0, 0.05) is 25.2 Å². The second-order valence-electron chi connectivity index (χ2n) is 10.1. The molecule has 2 aromatic carbocycles. The van der Waals surface area contributed by atoms with E-state index >= 15 is 0 Å². The Bertz CT molecular complexity index is 1000. The fourth-order valence-electron chi connectivity index (χ4n) is 5.34. The minimum atomic E-state index is -0.896. The highest BCUT2D eigenvalue weighted by atomic mass is 16.2. The zero-order valence-electron chi connectivity index (χ0n) is 20.4. The third-order valence-corrected chi connectivity index (χ3v) is 7.49. The number of hydrogen-bond acceptors (Lipinski definition) is 4. The summed E-state index contributed by atoms with van der Waals surface area (Å²) in [7, 11) is 0. The first kappa shape index (κ1) is 24.9. The van der Waals surface area contributed by atoms with Crippen LogP contribution in [0.2, 0.25) is 0 Å². The van der Waals surface area contributed by atoms with E-state index in [1.165, 1.54) is 24.8 Å². The number of nitriles is 1. The molecule has 2 aromatic rings. The molecular formula is C29H36N4O2. The van der Waals surface area contributed by atoms with E-state index in [1.807, 2.05) is 36.4 Å². The van der Waals surface area contributed by atoms with Crippen molar-refractivity contribution in [1.29, 1.82) is 5.26 Å². The Balaban J connectivity index is 1.40. The van der Waals surface area contributed by atoms with E-state index in [9.17, 15) is 14.9 Å². The molecule has 0 bridgehead atoms. The molecule has 2 aliphatic rings. The van der Waals surface area contributed by atoms with Crippen molar-refractivity contribution < 1.29 is 9.59 Å². The lowest BCUT2D eigenvalue weighted by molar-refractivity contribution is -0.125. The molecule has 1 atom stereocenters. The summed E-state index contributed by atoms with van der Waals surface area (Å²) < 4.78 is 0. The van der Waals surface area contributed by atoms with E-state index in [4.69, 9.17) is 0 Å². The highest BCUT2D eigenvalue weighted by Crippen LogP contribution is 2.28. The molecule has 2 N–H and O–H groups in total. The fraction of sp³-hybridized carbons (Fsp3) is 0.483. The molecule has 1 heterocycles. The van der Waals surface area contributed by atoms with Gasteiger partial charge in [-0.1, -0.05) is 80.6 Å². The van der Waals surface area contributed by atoms with Crippen LogP contribution in [-0.2, 0) is 11.3 Å². The first-order valence-corrected chi connectivity index (χ1v) is 12.9. The first-order valence-electron chi connectivity index (χ1n) is 12.9. The Kier molecular flexibility index (Phi) is 8.54. The van der Waals surface area contributed by atoms with Gasteiger partial charge in [-0.05, 0) is 42.9 Å². The summed E-state index contributed by atoms with van der Waals surface area (Å²) in [5.41, 5.74) is 0.891. The molecule has 1 aliphatic heterocycles. The van der Waals surface area contributed by atoms with Crippen molar-refractivity contribution in [2.45, 2.75) is 69.5 Å². The van der Waals surface area contributed by atoms with Gasteiger partial charge >= 0.3 is 0 Å². The number of amides is 2. The van der Waals surface area contributed by atoms with Crippen molar-refractivity contribution in [3.05, 3.63) is 71.8 Å². The van der Waals surface area contributed by atoms with Crippen LogP contribution in [0.15, 0.2) is 60.7 Å². The molecule has 0 aromatic heterocycles. The van der Waals surface area contributed by atoms with Gasteiger partial charge in [0.2, 0.25) is 5.91 Å². The van der Waals surface area contributed by atoms with Crippen molar-refractivity contribution in [1.82, 2.24) is 15.5 Å². The molecule has 184 valence electrons. The summed E-state index contributed by atoms with van der Waals surface area (Å²) in [4.78, 5) is 28.7. The number of carbonyl (C=O) groups excluding carboxylic acids is 2. The second-order valence-corrected chi connectivity index (χ2v) is 10.1. The molecule has 0 radical (unpaired) electrons.